The third-order valence-corrected chi connectivity index (χ3v) is 5.41. The van der Waals surface area contributed by atoms with Gasteiger partial charge in [0, 0.05) is 42.2 Å². The number of benzene rings is 2. The summed E-state index contributed by atoms with van der Waals surface area (Å²) in [4.78, 5) is 30.3. The van der Waals surface area contributed by atoms with Crippen molar-refractivity contribution in [2.45, 2.75) is 19.4 Å². The Morgan fingerprint density at radius 3 is 2.56 bits per heavy atom. The molecule has 1 aliphatic heterocycles. The van der Waals surface area contributed by atoms with E-state index in [0.29, 0.717) is 34.5 Å². The Balaban J connectivity index is 1.78. The number of carbonyl (C=O) groups is 2. The summed E-state index contributed by atoms with van der Waals surface area (Å²) in [6.45, 7) is 0.797. The van der Waals surface area contributed by atoms with Crippen LogP contribution in [0.1, 0.15) is 28.7 Å². The van der Waals surface area contributed by atoms with Crippen molar-refractivity contribution in [2.75, 3.05) is 24.7 Å². The second-order valence-electron chi connectivity index (χ2n) is 8.43. The van der Waals surface area contributed by atoms with Gasteiger partial charge in [-0.1, -0.05) is 12.1 Å². The van der Waals surface area contributed by atoms with E-state index in [0.717, 1.165) is 23.4 Å². The van der Waals surface area contributed by atoms with Crippen LogP contribution in [-0.4, -0.2) is 41.0 Å². The maximum Gasteiger partial charge on any atom is 0.303 e. The normalized spacial score (nSPS) is 14.1. The van der Waals surface area contributed by atoms with E-state index in [1.807, 2.05) is 44.4 Å². The monoisotopic (exact) mass is 460 g/mol. The fourth-order valence-electron chi connectivity index (χ4n) is 3.89. The van der Waals surface area contributed by atoms with Crippen LogP contribution < -0.4 is 10.6 Å². The molecular weight excluding hydrogens is 435 g/mol. The van der Waals surface area contributed by atoms with Gasteiger partial charge in [-0.25, -0.2) is 4.39 Å². The van der Waals surface area contributed by atoms with Crippen molar-refractivity contribution in [1.29, 1.82) is 0 Å². The summed E-state index contributed by atoms with van der Waals surface area (Å²) in [6.07, 6.45) is 3.52. The lowest BCUT2D eigenvalue weighted by Gasteiger charge is -2.16. The number of amides is 1. The Labute approximate surface area is 196 Å². The molecule has 0 unspecified atom stereocenters. The zero-order chi connectivity index (χ0) is 24.2. The number of rotatable bonds is 8. The fourth-order valence-corrected chi connectivity index (χ4v) is 3.89. The number of nitrogens with one attached hydrogen (secondary N) is 2. The smallest absolute Gasteiger partial charge is 0.303 e. The maximum atomic E-state index is 13.8. The molecule has 1 aliphatic rings. The first-order valence-corrected chi connectivity index (χ1v) is 10.8. The van der Waals surface area contributed by atoms with E-state index in [9.17, 15) is 14.0 Å². The van der Waals surface area contributed by atoms with Gasteiger partial charge in [-0.3, -0.25) is 14.6 Å². The lowest BCUT2D eigenvalue weighted by atomic mass is 9.99. The molecule has 0 fully saturated rings. The van der Waals surface area contributed by atoms with Crippen LogP contribution >= 0.6 is 0 Å². The number of nitrogens with zero attached hydrogens (tertiary/aromatic N) is 2. The van der Waals surface area contributed by atoms with E-state index in [-0.39, 0.29) is 12.3 Å². The van der Waals surface area contributed by atoms with Crippen molar-refractivity contribution in [3.8, 4) is 0 Å². The number of aryl methyl sites for hydroxylation is 1. The van der Waals surface area contributed by atoms with Crippen molar-refractivity contribution in [1.82, 2.24) is 9.88 Å². The minimum atomic E-state index is -0.897. The largest absolute Gasteiger partial charge is 0.481 e. The molecule has 2 heterocycles. The first-order valence-electron chi connectivity index (χ1n) is 10.8. The summed E-state index contributed by atoms with van der Waals surface area (Å²) in [7, 11) is 4.00. The number of carboxylic acid groups (broad SMARTS) is 1. The highest BCUT2D eigenvalue weighted by atomic mass is 19.1. The summed E-state index contributed by atoms with van der Waals surface area (Å²) < 4.78 is 13.8. The average molecular weight is 461 g/mol. The van der Waals surface area contributed by atoms with Crippen molar-refractivity contribution in [3.63, 3.8) is 0 Å². The van der Waals surface area contributed by atoms with Gasteiger partial charge in [0.1, 0.15) is 5.82 Å². The van der Waals surface area contributed by atoms with Crippen LogP contribution in [0.5, 0.6) is 0 Å². The van der Waals surface area contributed by atoms with Crippen molar-refractivity contribution in [3.05, 3.63) is 89.0 Å². The Kier molecular flexibility index (Phi) is 6.70. The number of hydrogen-bond donors (Lipinski definition) is 3. The number of halogens is 1. The van der Waals surface area contributed by atoms with Crippen LogP contribution in [0.4, 0.5) is 15.8 Å². The van der Waals surface area contributed by atoms with E-state index in [1.165, 1.54) is 12.1 Å². The average Bonchev–Trinajstić information content (AvgIpc) is 3.11. The van der Waals surface area contributed by atoms with E-state index >= 15 is 0 Å². The minimum Gasteiger partial charge on any atom is -0.481 e. The molecule has 7 nitrogen and oxygen atoms in total. The summed E-state index contributed by atoms with van der Waals surface area (Å²) in [5.41, 5.74) is 5.12. The third-order valence-electron chi connectivity index (χ3n) is 5.41. The standard InChI is InChI=1S/C26H25FN4O3/c1-31(2)15-16-3-7-20(8-4-16)29-25(18-11-17(13-28-14-18)5-10-23(32)33)24-21-9-6-19(27)12-22(21)30-26(24)34/h3-4,6-9,11-14,29H,5,10,15H2,1-2H3,(H,30,34)(H,32,33). The maximum absolute atomic E-state index is 13.8. The van der Waals surface area contributed by atoms with Gasteiger partial charge in [0.2, 0.25) is 0 Å². The molecule has 0 radical (unpaired) electrons. The Bertz CT molecular complexity index is 1270. The van der Waals surface area contributed by atoms with Crippen LogP contribution in [0.3, 0.4) is 0 Å². The van der Waals surface area contributed by atoms with Crippen LogP contribution in [0, 0.1) is 5.82 Å². The molecule has 2 aromatic carbocycles. The van der Waals surface area contributed by atoms with E-state index in [1.54, 1.807) is 18.5 Å². The SMILES string of the molecule is CN(C)Cc1ccc(NC(=C2C(=O)Nc3cc(F)ccc32)c2cncc(CCC(=O)O)c2)cc1. The second-order valence-corrected chi connectivity index (χ2v) is 8.43. The van der Waals surface area contributed by atoms with Gasteiger partial charge in [0.05, 0.1) is 17.0 Å². The van der Waals surface area contributed by atoms with Crippen LogP contribution in [0.15, 0.2) is 60.9 Å². The van der Waals surface area contributed by atoms with Gasteiger partial charge >= 0.3 is 5.97 Å². The number of hydrogen-bond acceptors (Lipinski definition) is 5. The molecule has 1 aromatic heterocycles. The topological polar surface area (TPSA) is 94.6 Å². The predicted molar refractivity (Wildman–Crippen MR) is 129 cm³/mol. The molecule has 0 aliphatic carbocycles. The third kappa shape index (κ3) is 5.29. The molecule has 34 heavy (non-hydrogen) atoms. The Morgan fingerprint density at radius 1 is 1.09 bits per heavy atom. The molecule has 0 saturated heterocycles. The number of fused-ring (bicyclic) bond motifs is 1. The summed E-state index contributed by atoms with van der Waals surface area (Å²) in [5.74, 6) is -1.70. The molecule has 4 rings (SSSR count). The molecular formula is C26H25FN4O3. The Hall–Kier alpha value is -4.04. The molecule has 0 spiro atoms. The summed E-state index contributed by atoms with van der Waals surface area (Å²) in [5, 5.41) is 15.1. The van der Waals surface area contributed by atoms with Gasteiger partial charge in [-0.15, -0.1) is 0 Å². The lowest BCUT2D eigenvalue weighted by molar-refractivity contribution is -0.137. The highest BCUT2D eigenvalue weighted by Gasteiger charge is 2.29. The van der Waals surface area contributed by atoms with Gasteiger partial charge in [-0.05, 0) is 68.0 Å². The number of carbonyl (C=O) groups excluding carboxylic acids is 1. The van der Waals surface area contributed by atoms with Crippen LogP contribution in [0.2, 0.25) is 0 Å². The molecule has 8 heteroatoms. The zero-order valence-corrected chi connectivity index (χ0v) is 18.9. The van der Waals surface area contributed by atoms with Crippen LogP contribution in [-0.2, 0) is 22.6 Å². The molecule has 174 valence electrons. The van der Waals surface area contributed by atoms with Gasteiger partial charge < -0.3 is 20.6 Å². The van der Waals surface area contributed by atoms with Gasteiger partial charge in [0.25, 0.3) is 5.91 Å². The van der Waals surface area contributed by atoms with E-state index in [4.69, 9.17) is 5.11 Å². The summed E-state index contributed by atoms with van der Waals surface area (Å²) >= 11 is 0. The number of aromatic nitrogens is 1. The van der Waals surface area contributed by atoms with E-state index in [2.05, 4.69) is 20.5 Å². The molecule has 0 atom stereocenters. The molecule has 0 saturated carbocycles. The number of aliphatic carboxylic acids is 1. The first-order chi connectivity index (χ1) is 16.3. The number of anilines is 2. The summed E-state index contributed by atoms with van der Waals surface area (Å²) in [6, 6.07) is 13.9. The predicted octanol–water partition coefficient (Wildman–Crippen LogP) is 4.23. The molecule has 3 aromatic rings. The first kappa shape index (κ1) is 23.1. The Morgan fingerprint density at radius 2 is 1.85 bits per heavy atom. The van der Waals surface area contributed by atoms with E-state index < -0.39 is 11.8 Å². The van der Waals surface area contributed by atoms with Crippen molar-refractivity contribution in [2.24, 2.45) is 0 Å². The quantitative estimate of drug-likeness (QED) is 0.436. The lowest BCUT2D eigenvalue weighted by Crippen LogP contribution is -2.11. The molecule has 3 N–H and O–H groups in total. The van der Waals surface area contributed by atoms with Crippen molar-refractivity contribution < 1.29 is 19.1 Å². The molecule has 1 amide bonds. The van der Waals surface area contributed by atoms with Crippen LogP contribution in [0.25, 0.3) is 11.3 Å². The van der Waals surface area contributed by atoms with Gasteiger partial charge in [-0.2, -0.15) is 0 Å². The van der Waals surface area contributed by atoms with Gasteiger partial charge in [0.15, 0.2) is 0 Å². The number of carboxylic acids is 1. The number of pyridine rings is 1. The zero-order valence-electron chi connectivity index (χ0n) is 18.9. The minimum absolute atomic E-state index is 0.0274. The molecule has 0 bridgehead atoms. The van der Waals surface area contributed by atoms with Crippen molar-refractivity contribution >= 4 is 34.5 Å². The second kappa shape index (κ2) is 9.84. The highest BCUT2D eigenvalue weighted by Crippen LogP contribution is 2.38. The fraction of sp³-hybridized carbons (Fsp3) is 0.192. The highest BCUT2D eigenvalue weighted by molar-refractivity contribution is 6.37.